The summed E-state index contributed by atoms with van der Waals surface area (Å²) < 4.78 is 18.7. The molecule has 0 spiro atoms. The van der Waals surface area contributed by atoms with Crippen LogP contribution in [0.2, 0.25) is 5.02 Å². The van der Waals surface area contributed by atoms with E-state index in [-0.39, 0.29) is 10.8 Å². The lowest BCUT2D eigenvalue weighted by atomic mass is 10.1. The maximum Gasteiger partial charge on any atom is 0.150 e. The Morgan fingerprint density at radius 1 is 1.05 bits per heavy atom. The fourth-order valence-corrected chi connectivity index (χ4v) is 2.59. The lowest BCUT2D eigenvalue weighted by molar-refractivity contribution is 0.482. The van der Waals surface area contributed by atoms with E-state index >= 15 is 0 Å². The van der Waals surface area contributed by atoms with Gasteiger partial charge in [0.2, 0.25) is 0 Å². The van der Waals surface area contributed by atoms with Gasteiger partial charge in [-0.15, -0.1) is 0 Å². The molecular weight excluding hydrogens is 265 g/mol. The van der Waals surface area contributed by atoms with Gasteiger partial charge in [0.25, 0.3) is 0 Å². The zero-order chi connectivity index (χ0) is 13.4. The number of aryl methyl sites for hydroxylation is 2. The third-order valence-corrected chi connectivity index (χ3v) is 3.63. The van der Waals surface area contributed by atoms with Gasteiger partial charge in [0, 0.05) is 0 Å². The number of ether oxygens (including phenoxy) is 1. The van der Waals surface area contributed by atoms with Crippen LogP contribution in [0.15, 0.2) is 30.3 Å². The van der Waals surface area contributed by atoms with Crippen molar-refractivity contribution < 1.29 is 9.13 Å². The molecular formula is C15H13ClFNO. The summed E-state index contributed by atoms with van der Waals surface area (Å²) in [5, 5.41) is 0.236. The first-order valence-corrected chi connectivity index (χ1v) is 6.55. The second-order valence-electron chi connectivity index (χ2n) is 4.69. The SMILES string of the molecule is Nc1cc2c(cc1Oc1ccc(F)cc1Cl)CCC2. The van der Waals surface area contributed by atoms with Crippen molar-refractivity contribution >= 4 is 17.3 Å². The van der Waals surface area contributed by atoms with Gasteiger partial charge in [0.05, 0.1) is 10.7 Å². The van der Waals surface area contributed by atoms with Crippen LogP contribution in [0.25, 0.3) is 0 Å². The highest BCUT2D eigenvalue weighted by atomic mass is 35.5. The first-order chi connectivity index (χ1) is 9.13. The molecule has 0 amide bonds. The summed E-state index contributed by atoms with van der Waals surface area (Å²) in [5.74, 6) is 0.598. The molecule has 1 aliphatic rings. The molecule has 1 aliphatic carbocycles. The Morgan fingerprint density at radius 3 is 2.53 bits per heavy atom. The second-order valence-corrected chi connectivity index (χ2v) is 5.10. The van der Waals surface area contributed by atoms with E-state index in [9.17, 15) is 4.39 Å². The van der Waals surface area contributed by atoms with Gasteiger partial charge in [-0.2, -0.15) is 0 Å². The molecule has 98 valence electrons. The minimum Gasteiger partial charge on any atom is -0.454 e. The first-order valence-electron chi connectivity index (χ1n) is 6.17. The van der Waals surface area contributed by atoms with Gasteiger partial charge in [-0.1, -0.05) is 11.6 Å². The molecule has 19 heavy (non-hydrogen) atoms. The van der Waals surface area contributed by atoms with Crippen molar-refractivity contribution in [1.82, 2.24) is 0 Å². The van der Waals surface area contributed by atoms with E-state index < -0.39 is 0 Å². The van der Waals surface area contributed by atoms with Crippen molar-refractivity contribution in [2.75, 3.05) is 5.73 Å². The van der Waals surface area contributed by atoms with Gasteiger partial charge in [0.15, 0.2) is 5.75 Å². The van der Waals surface area contributed by atoms with Crippen molar-refractivity contribution in [1.29, 1.82) is 0 Å². The van der Waals surface area contributed by atoms with E-state index in [0.29, 0.717) is 17.2 Å². The number of benzene rings is 2. The molecule has 2 N–H and O–H groups in total. The third kappa shape index (κ3) is 2.38. The molecule has 2 aromatic rings. The predicted octanol–water partition coefficient (Wildman–Crippen LogP) is 4.34. The summed E-state index contributed by atoms with van der Waals surface area (Å²) in [4.78, 5) is 0. The summed E-state index contributed by atoms with van der Waals surface area (Å²) in [6.07, 6.45) is 3.26. The molecule has 0 saturated heterocycles. The molecule has 0 radical (unpaired) electrons. The van der Waals surface area contributed by atoms with Gasteiger partial charge in [-0.05, 0) is 60.7 Å². The summed E-state index contributed by atoms with van der Waals surface area (Å²) in [6, 6.07) is 7.95. The topological polar surface area (TPSA) is 35.2 Å². The minimum absolute atomic E-state index is 0.236. The molecule has 2 nitrogen and oxygen atoms in total. The summed E-state index contributed by atoms with van der Waals surface area (Å²) >= 11 is 5.94. The number of fused-ring (bicyclic) bond motifs is 1. The lowest BCUT2D eigenvalue weighted by Gasteiger charge is -2.12. The zero-order valence-electron chi connectivity index (χ0n) is 10.2. The summed E-state index contributed by atoms with van der Waals surface area (Å²) in [5.41, 5.74) is 9.12. The third-order valence-electron chi connectivity index (χ3n) is 3.34. The maximum absolute atomic E-state index is 13.0. The van der Waals surface area contributed by atoms with Crippen LogP contribution in [0.3, 0.4) is 0 Å². The van der Waals surface area contributed by atoms with Crippen LogP contribution in [0.1, 0.15) is 17.5 Å². The number of anilines is 1. The molecule has 0 fully saturated rings. The largest absolute Gasteiger partial charge is 0.454 e. The quantitative estimate of drug-likeness (QED) is 0.829. The van der Waals surface area contributed by atoms with E-state index in [2.05, 4.69) is 0 Å². The average molecular weight is 278 g/mol. The maximum atomic E-state index is 13.0. The van der Waals surface area contributed by atoms with Crippen molar-refractivity contribution in [3.8, 4) is 11.5 Å². The molecule has 2 aromatic carbocycles. The Morgan fingerprint density at radius 2 is 1.79 bits per heavy atom. The number of halogens is 2. The lowest BCUT2D eigenvalue weighted by Crippen LogP contribution is -1.95. The molecule has 0 heterocycles. The summed E-state index contributed by atoms with van der Waals surface area (Å²) in [6.45, 7) is 0. The minimum atomic E-state index is -0.390. The number of hydrogen-bond acceptors (Lipinski definition) is 2. The van der Waals surface area contributed by atoms with Crippen LogP contribution in [0, 0.1) is 5.82 Å². The number of hydrogen-bond donors (Lipinski definition) is 1. The van der Waals surface area contributed by atoms with Gasteiger partial charge >= 0.3 is 0 Å². The normalized spacial score (nSPS) is 13.4. The highest BCUT2D eigenvalue weighted by Crippen LogP contribution is 2.36. The molecule has 0 unspecified atom stereocenters. The van der Waals surface area contributed by atoms with Crippen LogP contribution in [-0.4, -0.2) is 0 Å². The highest BCUT2D eigenvalue weighted by Gasteiger charge is 2.15. The fraction of sp³-hybridized carbons (Fsp3) is 0.200. The molecule has 4 heteroatoms. The van der Waals surface area contributed by atoms with Gasteiger partial charge in [-0.3, -0.25) is 0 Å². The van der Waals surface area contributed by atoms with Crippen LogP contribution in [0.5, 0.6) is 11.5 Å². The Balaban J connectivity index is 1.95. The Hall–Kier alpha value is -1.74. The Kier molecular flexibility index (Phi) is 3.07. The van der Waals surface area contributed by atoms with Crippen LogP contribution in [0.4, 0.5) is 10.1 Å². The standard InChI is InChI=1S/C15H13ClFNO/c16-12-8-11(17)4-5-14(12)19-15-7-10-3-1-2-9(10)6-13(15)18/h4-8H,1-3,18H2. The van der Waals surface area contributed by atoms with Crippen molar-refractivity contribution in [2.45, 2.75) is 19.3 Å². The molecule has 0 aromatic heterocycles. The zero-order valence-corrected chi connectivity index (χ0v) is 11.0. The molecule has 0 atom stereocenters. The summed E-state index contributed by atoms with van der Waals surface area (Å²) in [7, 11) is 0. The molecule has 3 rings (SSSR count). The van der Waals surface area contributed by atoms with E-state index in [1.165, 1.54) is 29.3 Å². The van der Waals surface area contributed by atoms with Gasteiger partial charge in [0.1, 0.15) is 11.6 Å². The molecule has 0 aliphatic heterocycles. The van der Waals surface area contributed by atoms with Crippen molar-refractivity contribution in [3.05, 3.63) is 52.3 Å². The smallest absolute Gasteiger partial charge is 0.150 e. The van der Waals surface area contributed by atoms with Gasteiger partial charge in [-0.25, -0.2) is 4.39 Å². The number of rotatable bonds is 2. The fourth-order valence-electron chi connectivity index (χ4n) is 2.39. The van der Waals surface area contributed by atoms with Crippen molar-refractivity contribution in [2.24, 2.45) is 0 Å². The molecule has 0 bridgehead atoms. The molecule has 0 saturated carbocycles. The monoisotopic (exact) mass is 277 g/mol. The van der Waals surface area contributed by atoms with E-state index in [4.69, 9.17) is 22.1 Å². The predicted molar refractivity (Wildman–Crippen MR) is 74.4 cm³/mol. The van der Waals surface area contributed by atoms with Gasteiger partial charge < -0.3 is 10.5 Å². The second kappa shape index (κ2) is 4.74. The van der Waals surface area contributed by atoms with Crippen LogP contribution >= 0.6 is 11.6 Å². The number of nitrogen functional groups attached to an aromatic ring is 1. The Bertz CT molecular complexity index is 642. The Labute approximate surface area is 115 Å². The highest BCUT2D eigenvalue weighted by molar-refractivity contribution is 6.32. The van der Waals surface area contributed by atoms with Crippen LogP contribution < -0.4 is 10.5 Å². The van der Waals surface area contributed by atoms with Crippen LogP contribution in [-0.2, 0) is 12.8 Å². The number of nitrogens with two attached hydrogens (primary N) is 1. The first kappa shape index (κ1) is 12.3. The van der Waals surface area contributed by atoms with E-state index in [1.807, 2.05) is 12.1 Å². The van der Waals surface area contributed by atoms with E-state index in [0.717, 1.165) is 19.3 Å². The van der Waals surface area contributed by atoms with E-state index in [1.54, 1.807) is 0 Å². The van der Waals surface area contributed by atoms with Crippen molar-refractivity contribution in [3.63, 3.8) is 0 Å². The average Bonchev–Trinajstić information content (AvgIpc) is 2.80.